The summed E-state index contributed by atoms with van der Waals surface area (Å²) in [5.74, 6) is 0.0166. The maximum absolute atomic E-state index is 11.5. The molecule has 0 radical (unpaired) electrons. The van der Waals surface area contributed by atoms with Crippen molar-refractivity contribution < 1.29 is 13.5 Å². The molecule has 0 aliphatic rings. The topological polar surface area (TPSA) is 107 Å². The second-order valence-electron chi connectivity index (χ2n) is 5.67. The highest BCUT2D eigenvalue weighted by Gasteiger charge is 2.17. The van der Waals surface area contributed by atoms with E-state index in [-0.39, 0.29) is 16.6 Å². The lowest BCUT2D eigenvalue weighted by atomic mass is 10.00. The minimum Gasteiger partial charge on any atom is -0.493 e. The van der Waals surface area contributed by atoms with Crippen molar-refractivity contribution in [3.8, 4) is 6.07 Å². The van der Waals surface area contributed by atoms with Crippen molar-refractivity contribution >= 4 is 27.9 Å². The molecule has 0 fully saturated rings. The summed E-state index contributed by atoms with van der Waals surface area (Å²) in [6.07, 6.45) is 2.28. The molecule has 0 aliphatic carbocycles. The van der Waals surface area contributed by atoms with Crippen molar-refractivity contribution in [1.29, 1.82) is 5.26 Å². The van der Waals surface area contributed by atoms with Crippen molar-refractivity contribution in [3.63, 3.8) is 0 Å². The first kappa shape index (κ1) is 19.1. The molecule has 2 aromatic rings. The van der Waals surface area contributed by atoms with Gasteiger partial charge in [-0.2, -0.15) is 15.4 Å². The standard InChI is InChI=1S/C18H18N4O3S/c1-12-9-14(10-19)5-7-16(12)13(2)18(23)22(20-3)17-8-6-15(11-21-17)26(4,24)25/h5-9,11,23H,3H2,1-2,4H3/b18-13-. The zero-order chi connectivity index (χ0) is 19.5. The highest BCUT2D eigenvalue weighted by atomic mass is 32.2. The monoisotopic (exact) mass is 370 g/mol. The van der Waals surface area contributed by atoms with Crippen molar-refractivity contribution in [2.75, 3.05) is 11.3 Å². The number of aliphatic hydroxyl groups excluding tert-OH is 1. The summed E-state index contributed by atoms with van der Waals surface area (Å²) in [6, 6.07) is 9.99. The minimum absolute atomic E-state index is 0.0633. The van der Waals surface area contributed by atoms with Gasteiger partial charge in [0.15, 0.2) is 15.7 Å². The molecule has 1 heterocycles. The maximum atomic E-state index is 11.5. The third kappa shape index (κ3) is 3.90. The van der Waals surface area contributed by atoms with E-state index >= 15 is 0 Å². The Morgan fingerprint density at radius 1 is 1.35 bits per heavy atom. The van der Waals surface area contributed by atoms with Crippen LogP contribution < -0.4 is 5.01 Å². The molecule has 0 spiro atoms. The summed E-state index contributed by atoms with van der Waals surface area (Å²) < 4.78 is 23.1. The van der Waals surface area contributed by atoms with Gasteiger partial charge < -0.3 is 5.11 Å². The first-order chi connectivity index (χ1) is 12.2. The molecule has 26 heavy (non-hydrogen) atoms. The van der Waals surface area contributed by atoms with Crippen LogP contribution in [0.2, 0.25) is 0 Å². The van der Waals surface area contributed by atoms with Gasteiger partial charge in [-0.15, -0.1) is 0 Å². The lowest BCUT2D eigenvalue weighted by Gasteiger charge is -2.19. The van der Waals surface area contributed by atoms with Crippen LogP contribution in [0.5, 0.6) is 0 Å². The number of aliphatic hydroxyl groups is 1. The van der Waals surface area contributed by atoms with Crippen LogP contribution in [-0.4, -0.2) is 31.5 Å². The van der Waals surface area contributed by atoms with Crippen LogP contribution in [-0.2, 0) is 9.84 Å². The highest BCUT2D eigenvalue weighted by Crippen LogP contribution is 2.26. The number of nitriles is 1. The third-order valence-electron chi connectivity index (χ3n) is 3.80. The van der Waals surface area contributed by atoms with E-state index in [1.54, 1.807) is 25.1 Å². The molecule has 0 aliphatic heterocycles. The Morgan fingerprint density at radius 3 is 2.50 bits per heavy atom. The Hall–Kier alpha value is -3.18. The molecule has 8 heteroatoms. The van der Waals surface area contributed by atoms with Gasteiger partial charge in [-0.25, -0.2) is 13.4 Å². The van der Waals surface area contributed by atoms with Gasteiger partial charge in [0.05, 0.1) is 16.5 Å². The number of sulfone groups is 1. The van der Waals surface area contributed by atoms with E-state index in [0.717, 1.165) is 22.4 Å². The Labute approximate surface area is 152 Å². The van der Waals surface area contributed by atoms with E-state index in [4.69, 9.17) is 5.26 Å². The van der Waals surface area contributed by atoms with Gasteiger partial charge in [0, 0.05) is 24.7 Å². The van der Waals surface area contributed by atoms with Gasteiger partial charge in [-0.1, -0.05) is 6.07 Å². The average molecular weight is 370 g/mol. The van der Waals surface area contributed by atoms with Crippen LogP contribution in [0, 0.1) is 18.3 Å². The number of hydrogen-bond donors (Lipinski definition) is 1. The molecule has 134 valence electrons. The fraction of sp³-hybridized carbons (Fsp3) is 0.167. The van der Waals surface area contributed by atoms with E-state index in [1.807, 2.05) is 6.92 Å². The Bertz CT molecular complexity index is 1020. The molecule has 0 unspecified atom stereocenters. The number of hydrogen-bond acceptors (Lipinski definition) is 7. The summed E-state index contributed by atoms with van der Waals surface area (Å²) in [7, 11) is -3.37. The van der Waals surface area contributed by atoms with Gasteiger partial charge in [-0.05, 0) is 49.2 Å². The molecule has 1 N–H and O–H groups in total. The van der Waals surface area contributed by atoms with E-state index in [2.05, 4.69) is 22.9 Å². The highest BCUT2D eigenvalue weighted by molar-refractivity contribution is 7.90. The van der Waals surface area contributed by atoms with Gasteiger partial charge in [0.25, 0.3) is 0 Å². The number of rotatable bonds is 5. The largest absolute Gasteiger partial charge is 0.493 e. The molecule has 0 bridgehead atoms. The second kappa shape index (κ2) is 7.37. The number of aromatic nitrogens is 1. The van der Waals surface area contributed by atoms with E-state index in [9.17, 15) is 13.5 Å². The lowest BCUT2D eigenvalue weighted by molar-refractivity contribution is 0.393. The predicted octanol–water partition coefficient (Wildman–Crippen LogP) is 3.03. The van der Waals surface area contributed by atoms with Crippen molar-refractivity contribution in [2.24, 2.45) is 5.10 Å². The average Bonchev–Trinajstić information content (AvgIpc) is 2.61. The van der Waals surface area contributed by atoms with Crippen molar-refractivity contribution in [2.45, 2.75) is 18.7 Å². The number of anilines is 1. The summed E-state index contributed by atoms with van der Waals surface area (Å²) >= 11 is 0. The summed E-state index contributed by atoms with van der Waals surface area (Å²) in [5.41, 5.74) is 2.59. The minimum atomic E-state index is -3.37. The first-order valence-electron chi connectivity index (χ1n) is 7.53. The molecule has 7 nitrogen and oxygen atoms in total. The van der Waals surface area contributed by atoms with Gasteiger partial charge in [-0.3, -0.25) is 0 Å². The number of hydrazone groups is 1. The molecule has 0 saturated carbocycles. The third-order valence-corrected chi connectivity index (χ3v) is 4.90. The lowest BCUT2D eigenvalue weighted by Crippen LogP contribution is -2.18. The van der Waals surface area contributed by atoms with E-state index in [1.165, 1.54) is 18.3 Å². The van der Waals surface area contributed by atoms with Crippen LogP contribution >= 0.6 is 0 Å². The Kier molecular flexibility index (Phi) is 5.43. The van der Waals surface area contributed by atoms with E-state index < -0.39 is 9.84 Å². The van der Waals surface area contributed by atoms with Gasteiger partial charge in [0.2, 0.25) is 5.88 Å². The number of aryl methyl sites for hydroxylation is 1. The van der Waals surface area contributed by atoms with Gasteiger partial charge in [0.1, 0.15) is 0 Å². The zero-order valence-corrected chi connectivity index (χ0v) is 15.4. The molecular formula is C18H18N4O3S. The van der Waals surface area contributed by atoms with Crippen LogP contribution in [0.15, 0.2) is 52.4 Å². The Morgan fingerprint density at radius 2 is 2.04 bits per heavy atom. The predicted molar refractivity (Wildman–Crippen MR) is 100 cm³/mol. The second-order valence-corrected chi connectivity index (χ2v) is 7.68. The summed E-state index contributed by atoms with van der Waals surface area (Å²) in [5, 5.41) is 24.5. The number of nitrogens with zero attached hydrogens (tertiary/aromatic N) is 4. The van der Waals surface area contributed by atoms with Crippen LogP contribution in [0.1, 0.15) is 23.6 Å². The number of allylic oxidation sites excluding steroid dienone is 1. The smallest absolute Gasteiger partial charge is 0.217 e. The normalized spacial score (nSPS) is 12.1. The first-order valence-corrected chi connectivity index (χ1v) is 9.42. The van der Waals surface area contributed by atoms with Crippen molar-refractivity contribution in [1.82, 2.24) is 4.98 Å². The molecule has 1 aromatic carbocycles. The molecule has 2 rings (SSSR count). The van der Waals surface area contributed by atoms with Gasteiger partial charge >= 0.3 is 0 Å². The quantitative estimate of drug-likeness (QED) is 0.492. The number of pyridine rings is 1. The van der Waals surface area contributed by atoms with E-state index in [0.29, 0.717) is 11.1 Å². The van der Waals surface area contributed by atoms with Crippen LogP contribution in [0.3, 0.4) is 0 Å². The zero-order valence-electron chi connectivity index (χ0n) is 14.6. The summed E-state index contributed by atoms with van der Waals surface area (Å²) in [6.45, 7) is 6.97. The summed E-state index contributed by atoms with van der Waals surface area (Å²) in [4.78, 5) is 4.10. The molecular weight excluding hydrogens is 352 g/mol. The molecule has 1 aromatic heterocycles. The Balaban J connectivity index is 2.47. The molecule has 0 amide bonds. The van der Waals surface area contributed by atoms with Crippen LogP contribution in [0.4, 0.5) is 5.82 Å². The molecule has 0 atom stereocenters. The van der Waals surface area contributed by atoms with Crippen molar-refractivity contribution in [3.05, 3.63) is 59.1 Å². The maximum Gasteiger partial charge on any atom is 0.217 e. The fourth-order valence-electron chi connectivity index (χ4n) is 2.40. The molecule has 0 saturated heterocycles. The number of benzene rings is 1. The fourth-order valence-corrected chi connectivity index (χ4v) is 2.96. The SMILES string of the molecule is C=NN(/C(O)=C(\C)c1ccc(C#N)cc1C)c1ccc(S(C)(=O)=O)cn1. The van der Waals surface area contributed by atoms with Crippen LogP contribution in [0.25, 0.3) is 5.57 Å².